The van der Waals surface area contributed by atoms with Crippen molar-refractivity contribution in [3.63, 3.8) is 0 Å². The maximum Gasteiger partial charge on any atom is 0.229 e. The molecule has 2 amide bonds. The molecular formula is C12H16N2O2S. The van der Waals surface area contributed by atoms with Gasteiger partial charge in [0, 0.05) is 11.8 Å². The summed E-state index contributed by atoms with van der Waals surface area (Å²) in [4.78, 5) is 21.7. The highest BCUT2D eigenvalue weighted by Gasteiger charge is 2.08. The van der Waals surface area contributed by atoms with Gasteiger partial charge in [0.2, 0.25) is 11.8 Å². The molecular weight excluding hydrogens is 236 g/mol. The molecule has 17 heavy (non-hydrogen) atoms. The summed E-state index contributed by atoms with van der Waals surface area (Å²) in [5.41, 5.74) is 6.07. The van der Waals surface area contributed by atoms with Crippen molar-refractivity contribution >= 4 is 24.4 Å². The minimum atomic E-state index is -0.624. The summed E-state index contributed by atoms with van der Waals surface area (Å²) in [7, 11) is 0. The average molecular weight is 252 g/mol. The molecule has 1 aromatic carbocycles. The number of nitrogens with one attached hydrogen (secondary N) is 1. The summed E-state index contributed by atoms with van der Waals surface area (Å²) in [5.74, 6) is -0.981. The van der Waals surface area contributed by atoms with Crippen LogP contribution in [0.3, 0.4) is 0 Å². The second-order valence-electron chi connectivity index (χ2n) is 3.79. The van der Waals surface area contributed by atoms with Crippen LogP contribution in [0.2, 0.25) is 0 Å². The molecule has 1 aromatic rings. The molecule has 3 N–H and O–H groups in total. The Morgan fingerprint density at radius 3 is 2.53 bits per heavy atom. The molecule has 0 fully saturated rings. The SMILES string of the molecule is NC(=O)CC(=O)NC[C@H](S)Cc1ccccc1. The number of thiol groups is 1. The van der Waals surface area contributed by atoms with E-state index >= 15 is 0 Å². The van der Waals surface area contributed by atoms with E-state index in [2.05, 4.69) is 17.9 Å². The molecule has 0 unspecified atom stereocenters. The van der Waals surface area contributed by atoms with Crippen LogP contribution in [0.5, 0.6) is 0 Å². The lowest BCUT2D eigenvalue weighted by molar-refractivity contribution is -0.127. The van der Waals surface area contributed by atoms with Crippen molar-refractivity contribution in [2.75, 3.05) is 6.54 Å². The average Bonchev–Trinajstić information content (AvgIpc) is 2.27. The van der Waals surface area contributed by atoms with Gasteiger partial charge < -0.3 is 11.1 Å². The van der Waals surface area contributed by atoms with Crippen LogP contribution in [0.1, 0.15) is 12.0 Å². The molecule has 1 rings (SSSR count). The lowest BCUT2D eigenvalue weighted by atomic mass is 10.1. The molecule has 0 aliphatic carbocycles. The highest BCUT2D eigenvalue weighted by atomic mass is 32.1. The fourth-order valence-electron chi connectivity index (χ4n) is 1.41. The van der Waals surface area contributed by atoms with Gasteiger partial charge in [-0.1, -0.05) is 30.3 Å². The van der Waals surface area contributed by atoms with Crippen molar-refractivity contribution in [3.8, 4) is 0 Å². The van der Waals surface area contributed by atoms with Gasteiger partial charge in [-0.2, -0.15) is 12.6 Å². The number of carbonyl (C=O) groups excluding carboxylic acids is 2. The highest BCUT2D eigenvalue weighted by Crippen LogP contribution is 2.06. The van der Waals surface area contributed by atoms with Crippen molar-refractivity contribution in [1.29, 1.82) is 0 Å². The predicted molar refractivity (Wildman–Crippen MR) is 69.7 cm³/mol. The molecule has 92 valence electrons. The summed E-state index contributed by atoms with van der Waals surface area (Å²) in [6.45, 7) is 0.421. The third kappa shape index (κ3) is 5.97. The van der Waals surface area contributed by atoms with Crippen molar-refractivity contribution < 1.29 is 9.59 Å². The van der Waals surface area contributed by atoms with Gasteiger partial charge >= 0.3 is 0 Å². The zero-order chi connectivity index (χ0) is 12.7. The lowest BCUT2D eigenvalue weighted by Gasteiger charge is -2.11. The van der Waals surface area contributed by atoms with Gasteiger partial charge in [-0.15, -0.1) is 0 Å². The molecule has 0 bridgehead atoms. The normalized spacial score (nSPS) is 11.8. The maximum atomic E-state index is 11.2. The van der Waals surface area contributed by atoms with Gasteiger partial charge in [-0.25, -0.2) is 0 Å². The zero-order valence-electron chi connectivity index (χ0n) is 9.43. The molecule has 0 spiro atoms. The highest BCUT2D eigenvalue weighted by molar-refractivity contribution is 7.81. The fourth-order valence-corrected chi connectivity index (χ4v) is 1.71. The largest absolute Gasteiger partial charge is 0.369 e. The molecule has 0 saturated heterocycles. The number of benzene rings is 1. The van der Waals surface area contributed by atoms with E-state index in [-0.39, 0.29) is 17.6 Å². The Hall–Kier alpha value is -1.49. The zero-order valence-corrected chi connectivity index (χ0v) is 10.3. The van der Waals surface area contributed by atoms with Crippen LogP contribution in [0.15, 0.2) is 30.3 Å². The van der Waals surface area contributed by atoms with Gasteiger partial charge in [0.05, 0.1) is 0 Å². The molecule has 0 heterocycles. The first-order valence-electron chi connectivity index (χ1n) is 5.35. The quantitative estimate of drug-likeness (QED) is 0.510. The third-order valence-corrected chi connectivity index (χ3v) is 2.55. The number of rotatable bonds is 6. The second-order valence-corrected chi connectivity index (χ2v) is 4.52. The standard InChI is InChI=1S/C12H16N2O2S/c13-11(15)7-12(16)14-8-10(17)6-9-4-2-1-3-5-9/h1-5,10,17H,6-8H2,(H2,13,15)(H,14,16)/t10-/m1/s1. The Labute approximate surface area is 106 Å². The Morgan fingerprint density at radius 2 is 1.94 bits per heavy atom. The Bertz CT molecular complexity index is 381. The van der Waals surface area contributed by atoms with Crippen molar-refractivity contribution in [2.45, 2.75) is 18.1 Å². The smallest absolute Gasteiger partial charge is 0.229 e. The van der Waals surface area contributed by atoms with Gasteiger partial charge in [-0.3, -0.25) is 9.59 Å². The van der Waals surface area contributed by atoms with Crippen LogP contribution in [-0.2, 0) is 16.0 Å². The number of nitrogens with two attached hydrogens (primary N) is 1. The summed E-state index contributed by atoms with van der Waals surface area (Å²) in [6, 6.07) is 9.89. The van der Waals surface area contributed by atoms with Gasteiger partial charge in [-0.05, 0) is 12.0 Å². The van der Waals surface area contributed by atoms with Crippen LogP contribution in [0, 0.1) is 0 Å². The predicted octanol–water partition coefficient (Wildman–Crippen LogP) is 0.519. The van der Waals surface area contributed by atoms with E-state index in [1.54, 1.807) is 0 Å². The van der Waals surface area contributed by atoms with E-state index < -0.39 is 5.91 Å². The maximum absolute atomic E-state index is 11.2. The van der Waals surface area contributed by atoms with Crippen molar-refractivity contribution in [2.24, 2.45) is 5.73 Å². The van der Waals surface area contributed by atoms with Gasteiger partial charge in [0.1, 0.15) is 6.42 Å². The third-order valence-electron chi connectivity index (χ3n) is 2.18. The van der Waals surface area contributed by atoms with Crippen LogP contribution < -0.4 is 11.1 Å². The molecule has 4 nitrogen and oxygen atoms in total. The monoisotopic (exact) mass is 252 g/mol. The first kappa shape index (κ1) is 13.6. The lowest BCUT2D eigenvalue weighted by Crippen LogP contribution is -2.33. The Morgan fingerprint density at radius 1 is 1.29 bits per heavy atom. The Balaban J connectivity index is 2.28. The number of hydrogen-bond donors (Lipinski definition) is 3. The molecule has 0 aliphatic rings. The van der Waals surface area contributed by atoms with Crippen molar-refractivity contribution in [1.82, 2.24) is 5.32 Å². The summed E-state index contributed by atoms with van der Waals surface area (Å²) >= 11 is 4.38. The summed E-state index contributed by atoms with van der Waals surface area (Å²) < 4.78 is 0. The molecule has 0 saturated carbocycles. The summed E-state index contributed by atoms with van der Waals surface area (Å²) in [6.07, 6.45) is 0.493. The number of primary amides is 1. The minimum absolute atomic E-state index is 0.0224. The molecule has 0 aromatic heterocycles. The van der Waals surface area contributed by atoms with Gasteiger partial charge in [0.15, 0.2) is 0 Å². The first-order chi connectivity index (χ1) is 8.08. The van der Waals surface area contributed by atoms with E-state index in [1.165, 1.54) is 0 Å². The number of amides is 2. The van der Waals surface area contributed by atoms with Crippen LogP contribution in [0.4, 0.5) is 0 Å². The summed E-state index contributed by atoms with van der Waals surface area (Å²) in [5, 5.41) is 2.64. The van der Waals surface area contributed by atoms with Crippen LogP contribution >= 0.6 is 12.6 Å². The van der Waals surface area contributed by atoms with E-state index in [1.807, 2.05) is 30.3 Å². The molecule has 5 heteroatoms. The molecule has 0 aliphatic heterocycles. The van der Waals surface area contributed by atoms with E-state index in [0.29, 0.717) is 6.54 Å². The van der Waals surface area contributed by atoms with Gasteiger partial charge in [0.25, 0.3) is 0 Å². The van der Waals surface area contributed by atoms with Crippen molar-refractivity contribution in [3.05, 3.63) is 35.9 Å². The van der Waals surface area contributed by atoms with Crippen LogP contribution in [-0.4, -0.2) is 23.6 Å². The van der Waals surface area contributed by atoms with E-state index in [4.69, 9.17) is 5.73 Å². The fraction of sp³-hybridized carbons (Fsp3) is 0.333. The second kappa shape index (κ2) is 6.96. The van der Waals surface area contributed by atoms with E-state index in [0.717, 1.165) is 12.0 Å². The number of carbonyl (C=O) groups is 2. The molecule has 0 radical (unpaired) electrons. The van der Waals surface area contributed by atoms with E-state index in [9.17, 15) is 9.59 Å². The Kier molecular flexibility index (Phi) is 5.56. The number of hydrogen-bond acceptors (Lipinski definition) is 3. The topological polar surface area (TPSA) is 72.2 Å². The minimum Gasteiger partial charge on any atom is -0.369 e. The molecule has 1 atom stereocenters. The van der Waals surface area contributed by atoms with Crippen LogP contribution in [0.25, 0.3) is 0 Å². The first-order valence-corrected chi connectivity index (χ1v) is 5.86.